The topological polar surface area (TPSA) is 15.3 Å². The molecule has 2 aliphatic rings. The van der Waals surface area contributed by atoms with E-state index in [1.165, 1.54) is 58.2 Å². The van der Waals surface area contributed by atoms with Gasteiger partial charge in [-0.05, 0) is 45.2 Å². The van der Waals surface area contributed by atoms with Crippen LogP contribution >= 0.6 is 0 Å². The largest absolute Gasteiger partial charge is 0.315 e. The van der Waals surface area contributed by atoms with Crippen molar-refractivity contribution in [1.82, 2.24) is 10.2 Å². The van der Waals surface area contributed by atoms with Crippen molar-refractivity contribution in [1.29, 1.82) is 0 Å². The average Bonchev–Trinajstić information content (AvgIpc) is 2.30. The predicted octanol–water partition coefficient (Wildman–Crippen LogP) is 2.00. The molecule has 2 saturated heterocycles. The van der Waals surface area contributed by atoms with Gasteiger partial charge in [-0.25, -0.2) is 0 Å². The second-order valence-electron chi connectivity index (χ2n) is 4.80. The molecule has 1 N–H and O–H groups in total. The molecule has 82 valence electrons. The molecule has 2 aliphatic heterocycles. The Morgan fingerprint density at radius 3 is 2.86 bits per heavy atom. The molecule has 0 aromatic rings. The van der Waals surface area contributed by atoms with Crippen LogP contribution in [0.2, 0.25) is 0 Å². The fourth-order valence-corrected chi connectivity index (χ4v) is 3.06. The molecule has 2 nitrogen and oxygen atoms in total. The maximum atomic E-state index is 3.54. The number of nitrogens with zero attached hydrogens (tertiary/aromatic N) is 1. The summed E-state index contributed by atoms with van der Waals surface area (Å²) in [4.78, 5) is 2.79. The average molecular weight is 196 g/mol. The third-order valence-corrected chi connectivity index (χ3v) is 3.88. The van der Waals surface area contributed by atoms with Gasteiger partial charge >= 0.3 is 0 Å². The zero-order valence-electron chi connectivity index (χ0n) is 9.47. The first-order chi connectivity index (χ1) is 6.92. The minimum Gasteiger partial charge on any atom is -0.315 e. The Morgan fingerprint density at radius 2 is 2.14 bits per heavy atom. The van der Waals surface area contributed by atoms with Crippen molar-refractivity contribution >= 4 is 0 Å². The smallest absolute Gasteiger partial charge is 0.0224 e. The van der Waals surface area contributed by atoms with E-state index in [-0.39, 0.29) is 0 Å². The summed E-state index contributed by atoms with van der Waals surface area (Å²) >= 11 is 0. The summed E-state index contributed by atoms with van der Waals surface area (Å²) in [6.07, 6.45) is 8.45. The first kappa shape index (κ1) is 10.4. The highest BCUT2D eigenvalue weighted by atomic mass is 15.2. The molecule has 0 aromatic heterocycles. The van der Waals surface area contributed by atoms with Gasteiger partial charge in [0, 0.05) is 18.6 Å². The molecule has 0 amide bonds. The van der Waals surface area contributed by atoms with E-state index in [1.54, 1.807) is 0 Å². The lowest BCUT2D eigenvalue weighted by molar-refractivity contribution is 0.0771. The monoisotopic (exact) mass is 196 g/mol. The van der Waals surface area contributed by atoms with Gasteiger partial charge in [-0.1, -0.05) is 13.3 Å². The van der Waals surface area contributed by atoms with E-state index < -0.39 is 0 Å². The molecule has 0 aliphatic carbocycles. The molecule has 2 atom stereocenters. The molecular formula is C12H24N2. The fourth-order valence-electron chi connectivity index (χ4n) is 3.06. The Labute approximate surface area is 88.1 Å². The molecule has 0 spiro atoms. The van der Waals surface area contributed by atoms with Gasteiger partial charge in [-0.15, -0.1) is 0 Å². The lowest BCUT2D eigenvalue weighted by Gasteiger charge is -2.42. The van der Waals surface area contributed by atoms with Gasteiger partial charge in [-0.3, -0.25) is 4.90 Å². The van der Waals surface area contributed by atoms with Gasteiger partial charge in [0.15, 0.2) is 0 Å². The van der Waals surface area contributed by atoms with Crippen LogP contribution < -0.4 is 5.32 Å². The first-order valence-corrected chi connectivity index (χ1v) is 6.38. The number of likely N-dealkylation sites (tertiary alicyclic amines) is 1. The Bertz CT molecular complexity index is 164. The van der Waals surface area contributed by atoms with Gasteiger partial charge in [0.2, 0.25) is 0 Å². The Hall–Kier alpha value is -0.0800. The van der Waals surface area contributed by atoms with Gasteiger partial charge in [0.25, 0.3) is 0 Å². The van der Waals surface area contributed by atoms with Crippen LogP contribution in [0.4, 0.5) is 0 Å². The predicted molar refractivity (Wildman–Crippen MR) is 60.5 cm³/mol. The van der Waals surface area contributed by atoms with Crippen LogP contribution in [0.3, 0.4) is 0 Å². The van der Waals surface area contributed by atoms with Gasteiger partial charge in [0.1, 0.15) is 0 Å². The number of hydrogen-bond donors (Lipinski definition) is 1. The zero-order valence-corrected chi connectivity index (χ0v) is 9.47. The fraction of sp³-hybridized carbons (Fsp3) is 1.00. The number of hydrogen-bond acceptors (Lipinski definition) is 2. The molecule has 0 aromatic carbocycles. The summed E-state index contributed by atoms with van der Waals surface area (Å²) < 4.78 is 0. The second kappa shape index (κ2) is 5.13. The van der Waals surface area contributed by atoms with Crippen molar-refractivity contribution in [2.75, 3.05) is 19.6 Å². The van der Waals surface area contributed by atoms with Crippen molar-refractivity contribution in [2.24, 2.45) is 0 Å². The zero-order chi connectivity index (χ0) is 9.80. The molecule has 0 saturated carbocycles. The van der Waals surface area contributed by atoms with Gasteiger partial charge in [0.05, 0.1) is 0 Å². The van der Waals surface area contributed by atoms with E-state index >= 15 is 0 Å². The summed E-state index contributed by atoms with van der Waals surface area (Å²) in [6.45, 7) is 6.17. The molecule has 2 fully saturated rings. The molecule has 0 radical (unpaired) electrons. The third-order valence-electron chi connectivity index (χ3n) is 3.88. The minimum absolute atomic E-state index is 0.842. The number of piperidine rings is 2. The lowest BCUT2D eigenvalue weighted by Crippen LogP contribution is -2.52. The molecule has 2 heteroatoms. The van der Waals surface area contributed by atoms with Crippen LogP contribution in [-0.4, -0.2) is 36.6 Å². The second-order valence-corrected chi connectivity index (χ2v) is 4.80. The van der Waals surface area contributed by atoms with Crippen LogP contribution in [0.15, 0.2) is 0 Å². The van der Waals surface area contributed by atoms with Crippen molar-refractivity contribution in [3.8, 4) is 0 Å². The van der Waals surface area contributed by atoms with Crippen LogP contribution in [0.1, 0.15) is 45.4 Å². The Balaban J connectivity index is 1.91. The van der Waals surface area contributed by atoms with Gasteiger partial charge < -0.3 is 5.32 Å². The highest BCUT2D eigenvalue weighted by molar-refractivity contribution is 4.85. The van der Waals surface area contributed by atoms with Crippen LogP contribution in [-0.2, 0) is 0 Å². The molecule has 2 heterocycles. The number of nitrogens with one attached hydrogen (secondary N) is 1. The summed E-state index contributed by atoms with van der Waals surface area (Å²) in [6, 6.07) is 1.72. The summed E-state index contributed by atoms with van der Waals surface area (Å²) in [7, 11) is 0. The quantitative estimate of drug-likeness (QED) is 0.727. The van der Waals surface area contributed by atoms with E-state index in [2.05, 4.69) is 17.1 Å². The number of rotatable bonds is 2. The maximum absolute atomic E-state index is 3.54. The molecule has 14 heavy (non-hydrogen) atoms. The van der Waals surface area contributed by atoms with Crippen molar-refractivity contribution in [3.63, 3.8) is 0 Å². The third kappa shape index (κ3) is 2.29. The van der Waals surface area contributed by atoms with E-state index in [0.717, 1.165) is 12.1 Å². The SMILES string of the molecule is CC[C@@H]1CCCCN1[C@@H]1CCCNC1. The van der Waals surface area contributed by atoms with Crippen molar-refractivity contribution < 1.29 is 0 Å². The standard InChI is InChI=1S/C12H24N2/c1-2-11-6-3-4-9-14(11)12-7-5-8-13-10-12/h11-13H,2-10H2,1H3/t11-,12-/m1/s1. The maximum Gasteiger partial charge on any atom is 0.0224 e. The normalized spacial score (nSPS) is 35.8. The lowest BCUT2D eigenvalue weighted by atomic mass is 9.95. The molecule has 0 unspecified atom stereocenters. The van der Waals surface area contributed by atoms with Crippen LogP contribution in [0, 0.1) is 0 Å². The summed E-state index contributed by atoms with van der Waals surface area (Å²) in [5, 5.41) is 3.54. The first-order valence-electron chi connectivity index (χ1n) is 6.38. The van der Waals surface area contributed by atoms with E-state index in [1.807, 2.05) is 0 Å². The van der Waals surface area contributed by atoms with Crippen LogP contribution in [0.5, 0.6) is 0 Å². The molecule has 0 bridgehead atoms. The van der Waals surface area contributed by atoms with Crippen molar-refractivity contribution in [2.45, 2.75) is 57.5 Å². The highest BCUT2D eigenvalue weighted by Crippen LogP contribution is 2.24. The van der Waals surface area contributed by atoms with E-state index in [4.69, 9.17) is 0 Å². The van der Waals surface area contributed by atoms with Crippen molar-refractivity contribution in [3.05, 3.63) is 0 Å². The Morgan fingerprint density at radius 1 is 1.21 bits per heavy atom. The Kier molecular flexibility index (Phi) is 3.82. The van der Waals surface area contributed by atoms with E-state index in [9.17, 15) is 0 Å². The van der Waals surface area contributed by atoms with E-state index in [0.29, 0.717) is 0 Å². The summed E-state index contributed by atoms with van der Waals surface area (Å²) in [5.41, 5.74) is 0. The molecular weight excluding hydrogens is 172 g/mol. The molecule has 2 rings (SSSR count). The minimum atomic E-state index is 0.842. The van der Waals surface area contributed by atoms with Gasteiger partial charge in [-0.2, -0.15) is 0 Å². The summed E-state index contributed by atoms with van der Waals surface area (Å²) in [5.74, 6) is 0. The van der Waals surface area contributed by atoms with Crippen LogP contribution in [0.25, 0.3) is 0 Å². The highest BCUT2D eigenvalue weighted by Gasteiger charge is 2.28.